The van der Waals surface area contributed by atoms with Gasteiger partial charge in [0.05, 0.1) is 15.2 Å². The molecule has 4 rings (SSSR count). The van der Waals surface area contributed by atoms with Crippen LogP contribution >= 0.6 is 22.9 Å². The Morgan fingerprint density at radius 2 is 1.96 bits per heavy atom. The maximum Gasteiger partial charge on any atom is 0.212 e. The van der Waals surface area contributed by atoms with Gasteiger partial charge in [-0.05, 0) is 60.4 Å². The molecule has 0 unspecified atom stereocenters. The highest BCUT2D eigenvalue weighted by Gasteiger charge is 2.12. The monoisotopic (exact) mass is 368 g/mol. The van der Waals surface area contributed by atoms with E-state index in [1.807, 2.05) is 31.2 Å². The average molecular weight is 369 g/mol. The number of aryl methyl sites for hydroxylation is 1. The molecule has 0 amide bonds. The molecule has 0 fully saturated rings. The van der Waals surface area contributed by atoms with Gasteiger partial charge in [0.15, 0.2) is 0 Å². The molecular weight excluding hydrogens is 355 g/mol. The number of halogens is 2. The number of hydrogen-bond donors (Lipinski definition) is 0. The van der Waals surface area contributed by atoms with Crippen LogP contribution in [0.25, 0.3) is 21.3 Å². The van der Waals surface area contributed by atoms with Crippen molar-refractivity contribution in [3.63, 3.8) is 0 Å². The summed E-state index contributed by atoms with van der Waals surface area (Å²) in [6.45, 7) is 2.01. The molecule has 2 nitrogen and oxygen atoms in total. The van der Waals surface area contributed by atoms with Gasteiger partial charge in [0.1, 0.15) is 0 Å². The normalized spacial score (nSPS) is 11.2. The van der Waals surface area contributed by atoms with Gasteiger partial charge in [0.2, 0.25) is 5.95 Å². The summed E-state index contributed by atoms with van der Waals surface area (Å²) in [4.78, 5) is 8.43. The first-order valence-electron chi connectivity index (χ1n) is 7.85. The van der Waals surface area contributed by atoms with Crippen molar-refractivity contribution in [1.82, 2.24) is 9.97 Å². The van der Waals surface area contributed by atoms with E-state index in [9.17, 15) is 4.39 Å². The summed E-state index contributed by atoms with van der Waals surface area (Å²) < 4.78 is 14.2. The van der Waals surface area contributed by atoms with E-state index in [-0.39, 0.29) is 0 Å². The molecule has 0 radical (unpaired) electrons. The van der Waals surface area contributed by atoms with E-state index in [0.717, 1.165) is 37.5 Å². The highest BCUT2D eigenvalue weighted by Crippen LogP contribution is 2.34. The van der Waals surface area contributed by atoms with Crippen molar-refractivity contribution in [2.24, 2.45) is 0 Å². The topological polar surface area (TPSA) is 25.8 Å². The standard InChI is InChI=1S/C20H14ClFN2S/c1-12-24-20-17(15-3-2-4-16(21)10-15)8-14(9-18(20)25-12)7-13-5-6-19(22)23-11-13/h2-6,8-11H,7H2,1H3. The van der Waals surface area contributed by atoms with Gasteiger partial charge in [-0.25, -0.2) is 9.97 Å². The minimum absolute atomic E-state index is 0.461. The van der Waals surface area contributed by atoms with Crippen molar-refractivity contribution in [2.75, 3.05) is 0 Å². The van der Waals surface area contributed by atoms with Crippen molar-refractivity contribution >= 4 is 33.2 Å². The fourth-order valence-electron chi connectivity index (χ4n) is 2.92. The molecule has 0 N–H and O–H groups in total. The summed E-state index contributed by atoms with van der Waals surface area (Å²) in [6, 6.07) is 15.2. The van der Waals surface area contributed by atoms with E-state index >= 15 is 0 Å². The Kier molecular flexibility index (Phi) is 4.24. The Balaban J connectivity index is 1.84. The lowest BCUT2D eigenvalue weighted by Crippen LogP contribution is -1.92. The lowest BCUT2D eigenvalue weighted by Gasteiger charge is -2.08. The van der Waals surface area contributed by atoms with Crippen LogP contribution in [0.2, 0.25) is 5.02 Å². The number of fused-ring (bicyclic) bond motifs is 1. The molecule has 0 aliphatic carbocycles. The van der Waals surface area contributed by atoms with E-state index in [0.29, 0.717) is 11.4 Å². The minimum Gasteiger partial charge on any atom is -0.241 e. The number of pyridine rings is 1. The molecule has 0 spiro atoms. The predicted molar refractivity (Wildman–Crippen MR) is 102 cm³/mol. The van der Waals surface area contributed by atoms with E-state index < -0.39 is 5.95 Å². The maximum absolute atomic E-state index is 13.0. The van der Waals surface area contributed by atoms with E-state index in [4.69, 9.17) is 16.6 Å². The number of hydrogen-bond acceptors (Lipinski definition) is 3. The first-order valence-corrected chi connectivity index (χ1v) is 9.04. The van der Waals surface area contributed by atoms with Crippen molar-refractivity contribution in [3.05, 3.63) is 81.8 Å². The van der Waals surface area contributed by atoms with E-state index in [1.54, 1.807) is 23.6 Å². The predicted octanol–water partition coefficient (Wildman–Crippen LogP) is 6.05. The van der Waals surface area contributed by atoms with Crippen LogP contribution in [0.1, 0.15) is 16.1 Å². The van der Waals surface area contributed by atoms with Gasteiger partial charge in [-0.1, -0.05) is 29.8 Å². The Labute approximate surface area is 154 Å². The molecule has 0 atom stereocenters. The van der Waals surface area contributed by atoms with Crippen LogP contribution < -0.4 is 0 Å². The zero-order valence-corrected chi connectivity index (χ0v) is 15.0. The SMILES string of the molecule is Cc1nc2c(-c3cccc(Cl)c3)cc(Cc3ccc(F)nc3)cc2s1. The molecule has 25 heavy (non-hydrogen) atoms. The number of thiazole rings is 1. The number of aromatic nitrogens is 2. The number of nitrogens with zero attached hydrogens (tertiary/aromatic N) is 2. The fraction of sp³-hybridized carbons (Fsp3) is 0.100. The first-order chi connectivity index (χ1) is 12.1. The molecule has 0 aliphatic rings. The highest BCUT2D eigenvalue weighted by molar-refractivity contribution is 7.18. The second-order valence-corrected chi connectivity index (χ2v) is 7.57. The van der Waals surface area contributed by atoms with Gasteiger partial charge in [-0.3, -0.25) is 0 Å². The Morgan fingerprint density at radius 1 is 1.08 bits per heavy atom. The van der Waals surface area contributed by atoms with Gasteiger partial charge in [0.25, 0.3) is 0 Å². The molecular formula is C20H14ClFN2S. The van der Waals surface area contributed by atoms with Crippen molar-refractivity contribution in [2.45, 2.75) is 13.3 Å². The van der Waals surface area contributed by atoms with E-state index in [1.165, 1.54) is 6.07 Å². The Bertz CT molecular complexity index is 1060. The van der Waals surface area contributed by atoms with Crippen LogP contribution in [0.15, 0.2) is 54.7 Å². The third-order valence-corrected chi connectivity index (χ3v) is 5.15. The first kappa shape index (κ1) is 16.2. The molecule has 0 bridgehead atoms. The van der Waals surface area contributed by atoms with Crippen LogP contribution in [0.5, 0.6) is 0 Å². The molecule has 5 heteroatoms. The largest absolute Gasteiger partial charge is 0.241 e. The molecule has 2 aromatic carbocycles. The van der Waals surface area contributed by atoms with Gasteiger partial charge in [0, 0.05) is 16.8 Å². The Hall–Kier alpha value is -2.30. The summed E-state index contributed by atoms with van der Waals surface area (Å²) in [5.74, 6) is -0.461. The third-order valence-electron chi connectivity index (χ3n) is 3.99. The van der Waals surface area contributed by atoms with Crippen LogP contribution in [0, 0.1) is 12.9 Å². The average Bonchev–Trinajstić information content (AvgIpc) is 2.96. The molecule has 124 valence electrons. The second-order valence-electron chi connectivity index (χ2n) is 5.90. The molecule has 4 aromatic rings. The second kappa shape index (κ2) is 6.54. The fourth-order valence-corrected chi connectivity index (χ4v) is 4.03. The third kappa shape index (κ3) is 3.41. The van der Waals surface area contributed by atoms with Crippen molar-refractivity contribution < 1.29 is 4.39 Å². The highest BCUT2D eigenvalue weighted by atomic mass is 35.5. The molecule has 2 heterocycles. The van der Waals surface area contributed by atoms with E-state index in [2.05, 4.69) is 17.1 Å². The van der Waals surface area contributed by atoms with Crippen LogP contribution in [0.3, 0.4) is 0 Å². The maximum atomic E-state index is 13.0. The summed E-state index contributed by atoms with van der Waals surface area (Å²) >= 11 is 7.85. The van der Waals surface area contributed by atoms with Gasteiger partial charge in [-0.2, -0.15) is 4.39 Å². The molecule has 2 aromatic heterocycles. The number of rotatable bonds is 3. The summed E-state index contributed by atoms with van der Waals surface area (Å²) in [6.07, 6.45) is 2.27. The lowest BCUT2D eigenvalue weighted by atomic mass is 9.98. The van der Waals surface area contributed by atoms with Crippen LogP contribution in [0.4, 0.5) is 4.39 Å². The van der Waals surface area contributed by atoms with Crippen LogP contribution in [-0.2, 0) is 6.42 Å². The zero-order chi connectivity index (χ0) is 17.4. The molecule has 0 saturated carbocycles. The summed E-state index contributed by atoms with van der Waals surface area (Å²) in [7, 11) is 0. The molecule has 0 saturated heterocycles. The quantitative estimate of drug-likeness (QED) is 0.411. The van der Waals surface area contributed by atoms with Crippen molar-refractivity contribution in [1.29, 1.82) is 0 Å². The lowest BCUT2D eigenvalue weighted by molar-refractivity contribution is 0.582. The molecule has 0 aliphatic heterocycles. The summed E-state index contributed by atoms with van der Waals surface area (Å²) in [5.41, 5.74) is 5.21. The van der Waals surface area contributed by atoms with Crippen LogP contribution in [-0.4, -0.2) is 9.97 Å². The Morgan fingerprint density at radius 3 is 2.72 bits per heavy atom. The smallest absolute Gasteiger partial charge is 0.212 e. The van der Waals surface area contributed by atoms with Gasteiger partial charge < -0.3 is 0 Å². The minimum atomic E-state index is -0.461. The van der Waals surface area contributed by atoms with Gasteiger partial charge in [-0.15, -0.1) is 11.3 Å². The van der Waals surface area contributed by atoms with Crippen molar-refractivity contribution in [3.8, 4) is 11.1 Å². The number of benzene rings is 2. The zero-order valence-electron chi connectivity index (χ0n) is 13.5. The summed E-state index contributed by atoms with van der Waals surface area (Å²) in [5, 5.41) is 1.73. The van der Waals surface area contributed by atoms with Gasteiger partial charge >= 0.3 is 0 Å².